The molecule has 0 aliphatic carbocycles. The van der Waals surface area contributed by atoms with Crippen LogP contribution in [0.5, 0.6) is 0 Å². The van der Waals surface area contributed by atoms with Gasteiger partial charge in [0.2, 0.25) is 0 Å². The van der Waals surface area contributed by atoms with Crippen LogP contribution in [0.4, 0.5) is 9.18 Å². The summed E-state index contributed by atoms with van der Waals surface area (Å²) in [6.45, 7) is 4.29. The Bertz CT molecular complexity index is 390. The van der Waals surface area contributed by atoms with Gasteiger partial charge in [0.15, 0.2) is 6.20 Å². The number of quaternary nitrogens is 2. The summed E-state index contributed by atoms with van der Waals surface area (Å²) >= 11 is 0. The summed E-state index contributed by atoms with van der Waals surface area (Å²) < 4.78 is 12.9. The predicted octanol–water partition coefficient (Wildman–Crippen LogP) is 2.03. The van der Waals surface area contributed by atoms with Crippen LogP contribution in [0.2, 0.25) is 0 Å². The Kier molecular flexibility index (Phi) is 3.55. The number of nitrogens with zero attached hydrogens (tertiary/aromatic N) is 2. The van der Waals surface area contributed by atoms with Crippen molar-refractivity contribution in [1.82, 2.24) is 0 Å². The van der Waals surface area contributed by atoms with E-state index in [4.69, 9.17) is 0 Å². The van der Waals surface area contributed by atoms with Gasteiger partial charge in [-0.25, -0.2) is 4.79 Å². The number of imide groups is 1. The van der Waals surface area contributed by atoms with Gasteiger partial charge in [0.05, 0.1) is 21.1 Å². The molecule has 2 atom stereocenters. The van der Waals surface area contributed by atoms with Gasteiger partial charge in [0.1, 0.15) is 6.54 Å². The molecule has 0 aromatic carbocycles. The second kappa shape index (κ2) is 4.31. The van der Waals surface area contributed by atoms with Crippen molar-refractivity contribution in [2.24, 2.45) is 5.92 Å². The van der Waals surface area contributed by atoms with Crippen molar-refractivity contribution in [2.45, 2.75) is 20.3 Å². The Morgan fingerprint density at radius 1 is 1.29 bits per heavy atom. The molecule has 0 N–H and O–H groups in total. The van der Waals surface area contributed by atoms with Gasteiger partial charge in [-0.05, 0) is 6.42 Å². The molecule has 17 heavy (non-hydrogen) atoms. The first-order chi connectivity index (χ1) is 7.65. The number of amides is 3. The molecule has 0 aromatic rings. The average molecular weight is 244 g/mol. The van der Waals surface area contributed by atoms with Crippen LogP contribution in [-0.4, -0.2) is 48.6 Å². The second-order valence-corrected chi connectivity index (χ2v) is 5.49. The Hall–Kier alpha value is -1.07. The van der Waals surface area contributed by atoms with Crippen LogP contribution in [0, 0.1) is 5.92 Å². The molecule has 0 saturated heterocycles. The predicted molar refractivity (Wildman–Crippen MR) is 62.2 cm³/mol. The molecule has 1 aliphatic heterocycles. The summed E-state index contributed by atoms with van der Waals surface area (Å²) in [6, 6.07) is -0.295. The second-order valence-electron chi connectivity index (χ2n) is 5.49. The highest BCUT2D eigenvalue weighted by atomic mass is 19.1. The minimum atomic E-state index is -0.819. The van der Waals surface area contributed by atoms with Crippen molar-refractivity contribution in [3.63, 3.8) is 0 Å². The van der Waals surface area contributed by atoms with E-state index < -0.39 is 16.2 Å². The SMILES string of the molecule is CCC(C)C[N+]1(C)C(=O)C(F)=C[N+](C)(C)C1=O. The largest absolute Gasteiger partial charge is 0.526 e. The highest BCUT2D eigenvalue weighted by Gasteiger charge is 2.56. The van der Waals surface area contributed by atoms with Crippen LogP contribution in [0.15, 0.2) is 12.0 Å². The van der Waals surface area contributed by atoms with E-state index >= 15 is 0 Å². The molecule has 0 aromatic heterocycles. The van der Waals surface area contributed by atoms with Crippen LogP contribution in [0.3, 0.4) is 0 Å². The number of carbonyl (C=O) groups excluding carboxylic acids is 2. The van der Waals surface area contributed by atoms with Crippen LogP contribution in [-0.2, 0) is 4.79 Å². The Labute approximate surface area is 101 Å². The molecule has 0 saturated carbocycles. The highest BCUT2D eigenvalue weighted by molar-refractivity contribution is 5.93. The molecule has 2 unspecified atom stereocenters. The lowest BCUT2D eigenvalue weighted by Crippen LogP contribution is -2.66. The number of rotatable bonds is 3. The molecule has 96 valence electrons. The van der Waals surface area contributed by atoms with Gasteiger partial charge < -0.3 is 0 Å². The van der Waals surface area contributed by atoms with Gasteiger partial charge >= 0.3 is 11.9 Å². The number of likely N-dealkylation sites (N-methyl/N-ethyl adjacent to an activating group) is 1. The zero-order valence-electron chi connectivity index (χ0n) is 11.2. The summed E-state index contributed by atoms with van der Waals surface area (Å²) in [5.74, 6) is -1.35. The Balaban J connectivity index is 3.18. The quantitative estimate of drug-likeness (QED) is 0.712. The zero-order chi connectivity index (χ0) is 13.4. The maximum absolute atomic E-state index is 13.6. The van der Waals surface area contributed by atoms with E-state index in [0.29, 0.717) is 6.54 Å². The van der Waals surface area contributed by atoms with Crippen LogP contribution < -0.4 is 0 Å². The van der Waals surface area contributed by atoms with E-state index in [1.807, 2.05) is 13.8 Å². The molecule has 0 fully saturated rings. The molecule has 5 heteroatoms. The molecule has 3 amide bonds. The summed E-state index contributed by atoms with van der Waals surface area (Å²) in [5.41, 5.74) is 0. The maximum Gasteiger partial charge on any atom is 0.526 e. The number of urea groups is 1. The fourth-order valence-corrected chi connectivity index (χ4v) is 2.20. The van der Waals surface area contributed by atoms with Gasteiger partial charge in [0.25, 0.3) is 5.83 Å². The van der Waals surface area contributed by atoms with Crippen LogP contribution in [0.25, 0.3) is 0 Å². The standard InChI is InChI=1S/C12H21FN2O2/c1-6-9(2)7-15(5)11(16)10(13)8-14(3,4)12(15)17/h8-9H,6-7H2,1-5H3/q+2. The minimum absolute atomic E-state index is 0.193. The Morgan fingerprint density at radius 2 is 1.82 bits per heavy atom. The van der Waals surface area contributed by atoms with Gasteiger partial charge in [-0.1, -0.05) is 13.8 Å². The lowest BCUT2D eigenvalue weighted by molar-refractivity contribution is -0.890. The smallest absolute Gasteiger partial charge is 0.222 e. The third-order valence-corrected chi connectivity index (χ3v) is 3.38. The lowest BCUT2D eigenvalue weighted by atomic mass is 10.1. The van der Waals surface area contributed by atoms with Crippen molar-refractivity contribution >= 4 is 11.9 Å². The van der Waals surface area contributed by atoms with E-state index in [1.54, 1.807) is 14.1 Å². The first kappa shape index (κ1) is 14.0. The van der Waals surface area contributed by atoms with Gasteiger partial charge in [-0.2, -0.15) is 13.7 Å². The van der Waals surface area contributed by atoms with E-state index in [9.17, 15) is 14.0 Å². The number of carbonyl (C=O) groups is 2. The van der Waals surface area contributed by atoms with Crippen molar-refractivity contribution in [2.75, 3.05) is 27.7 Å². The number of hydrogen-bond donors (Lipinski definition) is 0. The van der Waals surface area contributed by atoms with Gasteiger partial charge in [-0.15, -0.1) is 4.48 Å². The van der Waals surface area contributed by atoms with Gasteiger partial charge in [-0.3, -0.25) is 0 Å². The molecule has 4 nitrogen and oxygen atoms in total. The third-order valence-electron chi connectivity index (χ3n) is 3.38. The van der Waals surface area contributed by atoms with Crippen molar-refractivity contribution in [1.29, 1.82) is 0 Å². The molecule has 1 aliphatic rings. The fourth-order valence-electron chi connectivity index (χ4n) is 2.20. The first-order valence-electron chi connectivity index (χ1n) is 5.82. The molecular formula is C12H21FN2O2+2. The van der Waals surface area contributed by atoms with E-state index in [2.05, 4.69) is 0 Å². The molecule has 1 heterocycles. The Morgan fingerprint density at radius 3 is 2.29 bits per heavy atom. The summed E-state index contributed by atoms with van der Waals surface area (Å²) in [7, 11) is 4.67. The number of hydrogen-bond acceptors (Lipinski definition) is 2. The molecule has 0 radical (unpaired) electrons. The normalized spacial score (nSPS) is 30.1. The summed E-state index contributed by atoms with van der Waals surface area (Å²) in [6.07, 6.45) is 1.93. The maximum atomic E-state index is 13.6. The fraction of sp³-hybridized carbons (Fsp3) is 0.667. The van der Waals surface area contributed by atoms with E-state index in [0.717, 1.165) is 12.6 Å². The van der Waals surface area contributed by atoms with E-state index in [-0.39, 0.29) is 16.4 Å². The topological polar surface area (TPSA) is 34.1 Å². The lowest BCUT2D eigenvalue weighted by Gasteiger charge is -2.36. The minimum Gasteiger partial charge on any atom is -0.222 e. The molecular weight excluding hydrogens is 223 g/mol. The van der Waals surface area contributed by atoms with Crippen molar-refractivity contribution in [3.05, 3.63) is 12.0 Å². The molecule has 1 rings (SSSR count). The average Bonchev–Trinajstić information content (AvgIpc) is 2.24. The number of halogens is 1. The third kappa shape index (κ3) is 2.30. The first-order valence-corrected chi connectivity index (χ1v) is 5.82. The van der Waals surface area contributed by atoms with E-state index in [1.165, 1.54) is 7.05 Å². The van der Waals surface area contributed by atoms with Crippen molar-refractivity contribution in [3.8, 4) is 0 Å². The zero-order valence-corrected chi connectivity index (χ0v) is 11.2. The highest BCUT2D eigenvalue weighted by Crippen LogP contribution is 2.27. The summed E-state index contributed by atoms with van der Waals surface area (Å²) in [5, 5.41) is 0. The molecule has 0 bridgehead atoms. The van der Waals surface area contributed by atoms with Crippen LogP contribution in [0.1, 0.15) is 20.3 Å². The van der Waals surface area contributed by atoms with Crippen LogP contribution >= 0.6 is 0 Å². The summed E-state index contributed by atoms with van der Waals surface area (Å²) in [4.78, 5) is 24.2. The molecule has 0 spiro atoms. The van der Waals surface area contributed by atoms with Crippen molar-refractivity contribution < 1.29 is 22.9 Å². The van der Waals surface area contributed by atoms with Gasteiger partial charge in [0, 0.05) is 5.92 Å². The monoisotopic (exact) mass is 244 g/mol.